The summed E-state index contributed by atoms with van der Waals surface area (Å²) in [7, 11) is 3.34. The summed E-state index contributed by atoms with van der Waals surface area (Å²) in [5, 5.41) is 8.38. The molecule has 0 bridgehead atoms. The van der Waals surface area contributed by atoms with Gasteiger partial charge < -0.3 is 9.30 Å². The fourth-order valence-electron chi connectivity index (χ4n) is 2.50. The zero-order chi connectivity index (χ0) is 18.7. The van der Waals surface area contributed by atoms with Gasteiger partial charge in [-0.15, -0.1) is 10.2 Å². The lowest BCUT2D eigenvalue weighted by Crippen LogP contribution is -2.14. The second kappa shape index (κ2) is 7.70. The van der Waals surface area contributed by atoms with Crippen LogP contribution < -0.4 is 4.74 Å². The number of carbonyl (C=O) groups is 1. The van der Waals surface area contributed by atoms with E-state index in [1.165, 1.54) is 17.8 Å². The first-order valence-electron chi connectivity index (χ1n) is 8.00. The number of ether oxygens (including phenoxy) is 1. The Hall–Kier alpha value is -2.67. The maximum atomic E-state index is 14.0. The largest absolute Gasteiger partial charge is 0.497 e. The molecular formula is C19H18FN3O2S. The summed E-state index contributed by atoms with van der Waals surface area (Å²) < 4.78 is 20.8. The van der Waals surface area contributed by atoms with Crippen LogP contribution in [0.4, 0.5) is 4.39 Å². The second-order valence-corrected chi connectivity index (χ2v) is 7.01. The summed E-state index contributed by atoms with van der Waals surface area (Å²) in [5.41, 5.74) is 0.978. The number of thioether (sulfide) groups is 1. The molecule has 1 aromatic heterocycles. The van der Waals surface area contributed by atoms with E-state index < -0.39 is 0 Å². The molecule has 0 amide bonds. The molecule has 1 unspecified atom stereocenters. The lowest BCUT2D eigenvalue weighted by Gasteiger charge is -2.10. The van der Waals surface area contributed by atoms with Gasteiger partial charge in [0.05, 0.1) is 17.9 Å². The molecule has 0 saturated heterocycles. The van der Waals surface area contributed by atoms with Crippen LogP contribution in [0.25, 0.3) is 11.4 Å². The number of benzene rings is 2. The highest BCUT2D eigenvalue weighted by molar-refractivity contribution is 8.00. The van der Waals surface area contributed by atoms with Crippen molar-refractivity contribution < 1.29 is 13.9 Å². The van der Waals surface area contributed by atoms with Crippen LogP contribution in [0.15, 0.2) is 53.7 Å². The lowest BCUT2D eigenvalue weighted by atomic mass is 10.1. The Labute approximate surface area is 155 Å². The molecule has 2 aromatic carbocycles. The Morgan fingerprint density at radius 1 is 1.15 bits per heavy atom. The molecule has 134 valence electrons. The maximum Gasteiger partial charge on any atom is 0.191 e. The van der Waals surface area contributed by atoms with Crippen molar-refractivity contribution in [1.82, 2.24) is 14.8 Å². The van der Waals surface area contributed by atoms with Gasteiger partial charge in [-0.25, -0.2) is 4.39 Å². The molecule has 0 aliphatic rings. The summed E-state index contributed by atoms with van der Waals surface area (Å²) in [4.78, 5) is 12.6. The van der Waals surface area contributed by atoms with Crippen molar-refractivity contribution >= 4 is 17.5 Å². The molecule has 0 saturated carbocycles. The van der Waals surface area contributed by atoms with E-state index in [-0.39, 0.29) is 16.9 Å². The van der Waals surface area contributed by atoms with Crippen LogP contribution >= 0.6 is 11.8 Å². The molecule has 0 fully saturated rings. The summed E-state index contributed by atoms with van der Waals surface area (Å²) in [6.07, 6.45) is 0. The third kappa shape index (κ3) is 3.62. The van der Waals surface area contributed by atoms with Crippen LogP contribution in [0.1, 0.15) is 17.3 Å². The number of hydrogen-bond donors (Lipinski definition) is 0. The lowest BCUT2D eigenvalue weighted by molar-refractivity contribution is 0.0994. The van der Waals surface area contributed by atoms with Gasteiger partial charge >= 0.3 is 0 Å². The monoisotopic (exact) mass is 371 g/mol. The Morgan fingerprint density at radius 3 is 2.50 bits per heavy atom. The average molecular weight is 371 g/mol. The number of nitrogens with zero attached hydrogens (tertiary/aromatic N) is 3. The van der Waals surface area contributed by atoms with E-state index in [1.807, 2.05) is 6.92 Å². The van der Waals surface area contributed by atoms with Gasteiger partial charge in [0.15, 0.2) is 16.8 Å². The maximum absolute atomic E-state index is 14.0. The molecular weight excluding hydrogens is 353 g/mol. The molecule has 0 radical (unpaired) electrons. The molecule has 0 aliphatic carbocycles. The predicted octanol–water partition coefficient (Wildman–Crippen LogP) is 3.99. The highest BCUT2D eigenvalue weighted by Crippen LogP contribution is 2.28. The van der Waals surface area contributed by atoms with Crippen LogP contribution in [0.2, 0.25) is 0 Å². The van der Waals surface area contributed by atoms with Crippen LogP contribution in [-0.4, -0.2) is 32.9 Å². The number of halogens is 1. The average Bonchev–Trinajstić information content (AvgIpc) is 3.02. The van der Waals surface area contributed by atoms with E-state index in [0.29, 0.717) is 27.9 Å². The van der Waals surface area contributed by atoms with Crippen molar-refractivity contribution in [3.05, 3.63) is 59.9 Å². The number of hydrogen-bond acceptors (Lipinski definition) is 5. The van der Waals surface area contributed by atoms with Gasteiger partial charge in [-0.05, 0) is 43.3 Å². The van der Waals surface area contributed by atoms with Gasteiger partial charge in [0, 0.05) is 12.6 Å². The second-order valence-electron chi connectivity index (χ2n) is 5.70. The predicted molar refractivity (Wildman–Crippen MR) is 99.0 cm³/mol. The zero-order valence-corrected chi connectivity index (χ0v) is 15.5. The van der Waals surface area contributed by atoms with E-state index in [4.69, 9.17) is 4.74 Å². The van der Waals surface area contributed by atoms with E-state index in [9.17, 15) is 9.18 Å². The Balaban J connectivity index is 1.78. The number of rotatable bonds is 6. The summed E-state index contributed by atoms with van der Waals surface area (Å²) in [6, 6.07) is 13.4. The molecule has 26 heavy (non-hydrogen) atoms. The first kappa shape index (κ1) is 18.1. The standard InChI is InChI=1S/C19H18FN3O2S/c1-12(17(24)13-8-10-14(25-3)11-9-13)26-19-22-21-18(23(19)2)15-6-4-5-7-16(15)20/h4-12H,1-3H3. The van der Waals surface area contributed by atoms with Crippen molar-refractivity contribution in [1.29, 1.82) is 0 Å². The third-order valence-electron chi connectivity index (χ3n) is 3.98. The van der Waals surface area contributed by atoms with Crippen molar-refractivity contribution in [3.8, 4) is 17.1 Å². The number of carbonyl (C=O) groups excluding carboxylic acids is 1. The minimum Gasteiger partial charge on any atom is -0.497 e. The van der Waals surface area contributed by atoms with Crippen molar-refractivity contribution in [2.45, 2.75) is 17.3 Å². The fourth-order valence-corrected chi connectivity index (χ4v) is 3.39. The van der Waals surface area contributed by atoms with Gasteiger partial charge in [0.25, 0.3) is 0 Å². The zero-order valence-electron chi connectivity index (χ0n) is 14.6. The number of aromatic nitrogens is 3. The van der Waals surface area contributed by atoms with Crippen LogP contribution in [-0.2, 0) is 7.05 Å². The van der Waals surface area contributed by atoms with Gasteiger partial charge in [-0.3, -0.25) is 4.79 Å². The van der Waals surface area contributed by atoms with E-state index in [2.05, 4.69) is 10.2 Å². The number of methoxy groups -OCH3 is 1. The first-order chi connectivity index (χ1) is 12.5. The minimum atomic E-state index is -0.361. The summed E-state index contributed by atoms with van der Waals surface area (Å²) in [5.74, 6) is 0.745. The number of ketones is 1. The van der Waals surface area contributed by atoms with Crippen LogP contribution in [0.5, 0.6) is 5.75 Å². The third-order valence-corrected chi connectivity index (χ3v) is 5.11. The quantitative estimate of drug-likeness (QED) is 0.484. The fraction of sp³-hybridized carbons (Fsp3) is 0.211. The smallest absolute Gasteiger partial charge is 0.191 e. The molecule has 5 nitrogen and oxygen atoms in total. The highest BCUT2D eigenvalue weighted by atomic mass is 32.2. The van der Waals surface area contributed by atoms with Gasteiger partial charge in [-0.2, -0.15) is 0 Å². The topological polar surface area (TPSA) is 57.0 Å². The molecule has 0 N–H and O–H groups in total. The highest BCUT2D eigenvalue weighted by Gasteiger charge is 2.21. The van der Waals surface area contributed by atoms with Crippen molar-refractivity contribution in [2.75, 3.05) is 7.11 Å². The molecule has 3 aromatic rings. The van der Waals surface area contributed by atoms with Crippen LogP contribution in [0, 0.1) is 5.82 Å². The van der Waals surface area contributed by atoms with Gasteiger partial charge in [0.2, 0.25) is 0 Å². The van der Waals surface area contributed by atoms with Crippen molar-refractivity contribution in [2.24, 2.45) is 7.05 Å². The van der Waals surface area contributed by atoms with E-state index >= 15 is 0 Å². The Morgan fingerprint density at radius 2 is 1.85 bits per heavy atom. The molecule has 0 spiro atoms. The van der Waals surface area contributed by atoms with E-state index in [1.54, 1.807) is 61.2 Å². The Bertz CT molecular complexity index is 925. The minimum absolute atomic E-state index is 0.0203. The normalized spacial score (nSPS) is 12.0. The molecule has 0 aliphatic heterocycles. The molecule has 3 rings (SSSR count). The summed E-state index contributed by atoms with van der Waals surface area (Å²) in [6.45, 7) is 1.81. The van der Waals surface area contributed by atoms with Crippen LogP contribution in [0.3, 0.4) is 0 Å². The van der Waals surface area contributed by atoms with E-state index in [0.717, 1.165) is 0 Å². The molecule has 7 heteroatoms. The van der Waals surface area contributed by atoms with Gasteiger partial charge in [-0.1, -0.05) is 23.9 Å². The number of Topliss-reactive ketones (excluding diaryl/α,β-unsaturated/α-hetero) is 1. The van der Waals surface area contributed by atoms with Crippen molar-refractivity contribution in [3.63, 3.8) is 0 Å². The molecule has 1 heterocycles. The SMILES string of the molecule is COc1ccc(C(=O)C(C)Sc2nnc(-c3ccccc3F)n2C)cc1. The van der Waals surface area contributed by atoms with Gasteiger partial charge in [0.1, 0.15) is 11.6 Å². The Kier molecular flexibility index (Phi) is 5.37. The molecule has 1 atom stereocenters. The summed E-state index contributed by atoms with van der Waals surface area (Å²) >= 11 is 1.29. The first-order valence-corrected chi connectivity index (χ1v) is 8.88.